The van der Waals surface area contributed by atoms with Crippen molar-refractivity contribution in [1.29, 1.82) is 0 Å². The molecule has 214 valence electrons. The Balaban J connectivity index is 1.13. The number of hydrogen-bond acceptors (Lipinski definition) is 7. The summed E-state index contributed by atoms with van der Waals surface area (Å²) in [4.78, 5) is 42.2. The third kappa shape index (κ3) is 5.53. The van der Waals surface area contributed by atoms with E-state index in [-0.39, 0.29) is 11.7 Å². The molecule has 0 bridgehead atoms. The molecular weight excluding hydrogens is 556 g/mol. The van der Waals surface area contributed by atoms with E-state index >= 15 is 0 Å². The molecular formula is C35H30N4O3S. The number of nitrogens with zero attached hydrogens (tertiary/aromatic N) is 4. The van der Waals surface area contributed by atoms with Gasteiger partial charge in [0.15, 0.2) is 5.78 Å². The van der Waals surface area contributed by atoms with E-state index in [9.17, 15) is 9.59 Å². The van der Waals surface area contributed by atoms with Crippen molar-refractivity contribution < 1.29 is 14.3 Å². The molecule has 0 fully saturated rings. The van der Waals surface area contributed by atoms with Crippen molar-refractivity contribution in [1.82, 2.24) is 9.97 Å². The second kappa shape index (κ2) is 11.8. The van der Waals surface area contributed by atoms with E-state index < -0.39 is 0 Å². The minimum Gasteiger partial charge on any atom is -0.491 e. The third-order valence-corrected chi connectivity index (χ3v) is 9.19. The average molecular weight is 587 g/mol. The molecule has 0 saturated heterocycles. The number of hydrogen-bond donors (Lipinski definition) is 0. The van der Waals surface area contributed by atoms with Crippen LogP contribution < -0.4 is 14.5 Å². The molecule has 0 spiro atoms. The number of para-hydroxylation sites is 2. The van der Waals surface area contributed by atoms with Crippen LogP contribution >= 0.6 is 11.3 Å². The van der Waals surface area contributed by atoms with Gasteiger partial charge in [0.25, 0.3) is 5.91 Å². The number of aryl methyl sites for hydroxylation is 1. The standard InChI is InChI=1S/C35H30N4O3S/c40-30(16-15-26-9-5-6-18-36-26)32-22-24-17-19-39(29-12-3-2-10-27(29)34(24)43-32)35(41)28-11-7-14-33(37-28)38-20-21-42-31-13-4-1-8-25(31)23-38/h1-14,18,22H,15-17,19-21,23H2. The summed E-state index contributed by atoms with van der Waals surface area (Å²) in [6.07, 6.45) is 3.44. The van der Waals surface area contributed by atoms with Crippen LogP contribution in [0.1, 0.15) is 43.4 Å². The molecule has 7 rings (SSSR count). The number of rotatable bonds is 6. The van der Waals surface area contributed by atoms with E-state index in [0.717, 1.165) is 49.4 Å². The summed E-state index contributed by atoms with van der Waals surface area (Å²) in [6, 6.07) is 29.4. The Morgan fingerprint density at radius 1 is 0.884 bits per heavy atom. The van der Waals surface area contributed by atoms with Gasteiger partial charge >= 0.3 is 0 Å². The number of Topliss-reactive ketones (excluding diaryl/α,β-unsaturated/α-hetero) is 1. The summed E-state index contributed by atoms with van der Waals surface area (Å²) < 4.78 is 5.94. The summed E-state index contributed by atoms with van der Waals surface area (Å²) in [5, 5.41) is 0. The van der Waals surface area contributed by atoms with Gasteiger partial charge in [-0.1, -0.05) is 48.5 Å². The molecule has 0 saturated carbocycles. The van der Waals surface area contributed by atoms with E-state index in [1.807, 2.05) is 83.8 Å². The summed E-state index contributed by atoms with van der Waals surface area (Å²) in [7, 11) is 0. The summed E-state index contributed by atoms with van der Waals surface area (Å²) >= 11 is 1.52. The lowest BCUT2D eigenvalue weighted by Crippen LogP contribution is -2.34. The first-order chi connectivity index (χ1) is 21.1. The number of carbonyl (C=O) groups excluding carboxylic acids is 2. The van der Waals surface area contributed by atoms with E-state index in [1.165, 1.54) is 11.3 Å². The van der Waals surface area contributed by atoms with E-state index in [4.69, 9.17) is 9.72 Å². The first-order valence-corrected chi connectivity index (χ1v) is 15.4. The van der Waals surface area contributed by atoms with Crippen LogP contribution in [0.2, 0.25) is 0 Å². The zero-order valence-corrected chi connectivity index (χ0v) is 24.4. The van der Waals surface area contributed by atoms with Crippen LogP contribution in [-0.2, 0) is 19.4 Å². The van der Waals surface area contributed by atoms with Crippen LogP contribution in [0.5, 0.6) is 5.75 Å². The van der Waals surface area contributed by atoms with Gasteiger partial charge in [-0.2, -0.15) is 0 Å². The molecule has 2 aliphatic heterocycles. The highest BCUT2D eigenvalue weighted by molar-refractivity contribution is 7.17. The first kappa shape index (κ1) is 27.0. The smallest absolute Gasteiger partial charge is 0.276 e. The SMILES string of the molecule is O=C(CCc1ccccn1)c1cc2c(s1)-c1ccccc1N(C(=O)c1cccc(N3CCOc4ccccc4C3)n1)CC2. The zero-order valence-electron chi connectivity index (χ0n) is 23.6. The molecule has 1 amide bonds. The normalized spacial score (nSPS) is 14.0. The van der Waals surface area contributed by atoms with Crippen molar-refractivity contribution in [3.05, 3.63) is 125 Å². The predicted molar refractivity (Wildman–Crippen MR) is 169 cm³/mol. The second-order valence-electron chi connectivity index (χ2n) is 10.7. The maximum absolute atomic E-state index is 14.0. The van der Waals surface area contributed by atoms with Crippen molar-refractivity contribution in [2.45, 2.75) is 25.8 Å². The van der Waals surface area contributed by atoms with Gasteiger partial charge in [-0.25, -0.2) is 4.98 Å². The predicted octanol–water partition coefficient (Wildman–Crippen LogP) is 6.62. The number of fused-ring (bicyclic) bond motifs is 4. The van der Waals surface area contributed by atoms with Gasteiger partial charge in [0.2, 0.25) is 0 Å². The Kier molecular flexibility index (Phi) is 7.43. The van der Waals surface area contributed by atoms with Crippen LogP contribution in [0.25, 0.3) is 10.4 Å². The number of ketones is 1. The first-order valence-electron chi connectivity index (χ1n) is 14.5. The number of aromatic nitrogens is 2. The van der Waals surface area contributed by atoms with Crippen molar-refractivity contribution >= 4 is 34.5 Å². The fraction of sp³-hybridized carbons (Fsp3) is 0.200. The van der Waals surface area contributed by atoms with Crippen LogP contribution in [0.4, 0.5) is 11.5 Å². The Bertz CT molecular complexity index is 1800. The Hall–Kier alpha value is -4.82. The fourth-order valence-electron chi connectivity index (χ4n) is 5.73. The Morgan fingerprint density at radius 3 is 2.65 bits per heavy atom. The lowest BCUT2D eigenvalue weighted by molar-refractivity contribution is 0.0976. The largest absolute Gasteiger partial charge is 0.491 e. The van der Waals surface area contributed by atoms with Crippen LogP contribution in [0, 0.1) is 0 Å². The van der Waals surface area contributed by atoms with Crippen molar-refractivity contribution in [2.75, 3.05) is 29.5 Å². The van der Waals surface area contributed by atoms with Gasteiger partial charge in [0.05, 0.1) is 17.1 Å². The van der Waals surface area contributed by atoms with Crippen molar-refractivity contribution in [3.8, 4) is 16.2 Å². The molecule has 0 N–H and O–H groups in total. The Morgan fingerprint density at radius 2 is 1.74 bits per heavy atom. The molecule has 0 unspecified atom stereocenters. The minimum absolute atomic E-state index is 0.122. The number of thiophene rings is 1. The number of ether oxygens (including phenoxy) is 1. The quantitative estimate of drug-likeness (QED) is 0.208. The zero-order chi connectivity index (χ0) is 29.2. The summed E-state index contributed by atoms with van der Waals surface area (Å²) in [5.74, 6) is 1.63. The molecule has 0 radical (unpaired) electrons. The highest BCUT2D eigenvalue weighted by Gasteiger charge is 2.28. The van der Waals surface area contributed by atoms with Gasteiger partial charge in [-0.05, 0) is 60.9 Å². The molecule has 2 aliphatic rings. The van der Waals surface area contributed by atoms with E-state index in [1.54, 1.807) is 12.3 Å². The van der Waals surface area contributed by atoms with Crippen LogP contribution in [0.15, 0.2) is 97.2 Å². The number of benzene rings is 2. The highest BCUT2D eigenvalue weighted by atomic mass is 32.1. The fourth-order valence-corrected chi connectivity index (χ4v) is 6.95. The molecule has 8 heteroatoms. The second-order valence-corrected chi connectivity index (χ2v) is 11.7. The highest BCUT2D eigenvalue weighted by Crippen LogP contribution is 2.42. The summed E-state index contributed by atoms with van der Waals surface area (Å²) in [5.41, 5.74) is 5.32. The van der Waals surface area contributed by atoms with Gasteiger partial charge in [-0.3, -0.25) is 14.6 Å². The average Bonchev–Trinajstić information content (AvgIpc) is 3.27. The van der Waals surface area contributed by atoms with Gasteiger partial charge < -0.3 is 14.5 Å². The maximum Gasteiger partial charge on any atom is 0.276 e. The van der Waals surface area contributed by atoms with Gasteiger partial charge in [0.1, 0.15) is 23.9 Å². The minimum atomic E-state index is -0.136. The number of pyridine rings is 2. The van der Waals surface area contributed by atoms with E-state index in [2.05, 4.69) is 16.0 Å². The van der Waals surface area contributed by atoms with Crippen LogP contribution in [0.3, 0.4) is 0 Å². The van der Waals surface area contributed by atoms with E-state index in [0.29, 0.717) is 51.2 Å². The molecule has 0 aliphatic carbocycles. The topological polar surface area (TPSA) is 75.6 Å². The number of amides is 1. The van der Waals surface area contributed by atoms with Crippen molar-refractivity contribution in [3.63, 3.8) is 0 Å². The van der Waals surface area contributed by atoms with Crippen LogP contribution in [-0.4, -0.2) is 41.4 Å². The molecule has 2 aromatic carbocycles. The number of anilines is 2. The lowest BCUT2D eigenvalue weighted by atomic mass is 10.1. The lowest BCUT2D eigenvalue weighted by Gasteiger charge is -2.24. The van der Waals surface area contributed by atoms with Crippen molar-refractivity contribution in [2.24, 2.45) is 0 Å². The third-order valence-electron chi connectivity index (χ3n) is 7.94. The molecule has 5 heterocycles. The molecule has 3 aromatic heterocycles. The monoisotopic (exact) mass is 586 g/mol. The van der Waals surface area contributed by atoms with Gasteiger partial charge in [0, 0.05) is 47.4 Å². The number of carbonyl (C=O) groups is 2. The van der Waals surface area contributed by atoms with Gasteiger partial charge in [-0.15, -0.1) is 11.3 Å². The molecule has 5 aromatic rings. The molecule has 7 nitrogen and oxygen atoms in total. The summed E-state index contributed by atoms with van der Waals surface area (Å²) in [6.45, 7) is 2.38. The maximum atomic E-state index is 14.0. The molecule has 43 heavy (non-hydrogen) atoms. The molecule has 0 atom stereocenters. The Labute approximate surface area is 254 Å².